The number of fused-ring (bicyclic) bond motifs is 3. The Bertz CT molecular complexity index is 1100. The lowest BCUT2D eigenvalue weighted by molar-refractivity contribution is -0.152. The number of rotatable bonds is 6. The Kier molecular flexibility index (Phi) is 6.72. The second-order valence-electron chi connectivity index (χ2n) is 9.29. The van der Waals surface area contributed by atoms with Gasteiger partial charge in [0.05, 0.1) is 5.41 Å². The van der Waals surface area contributed by atoms with Crippen molar-refractivity contribution in [1.82, 2.24) is 10.2 Å². The lowest BCUT2D eigenvalue weighted by Gasteiger charge is -2.37. The van der Waals surface area contributed by atoms with E-state index in [1.807, 2.05) is 24.3 Å². The zero-order valence-electron chi connectivity index (χ0n) is 19.5. The van der Waals surface area contributed by atoms with E-state index in [0.717, 1.165) is 11.1 Å². The summed E-state index contributed by atoms with van der Waals surface area (Å²) in [5.41, 5.74) is 4.17. The molecule has 0 spiro atoms. The van der Waals surface area contributed by atoms with Crippen LogP contribution in [0.25, 0.3) is 11.1 Å². The average molecular weight is 463 g/mol. The molecule has 34 heavy (non-hydrogen) atoms. The summed E-state index contributed by atoms with van der Waals surface area (Å²) >= 11 is 0. The van der Waals surface area contributed by atoms with Crippen molar-refractivity contribution in [2.45, 2.75) is 32.6 Å². The van der Waals surface area contributed by atoms with Gasteiger partial charge in [0.15, 0.2) is 0 Å². The van der Waals surface area contributed by atoms with E-state index in [0.29, 0.717) is 25.0 Å². The van der Waals surface area contributed by atoms with Gasteiger partial charge in [0.1, 0.15) is 6.61 Å². The van der Waals surface area contributed by atoms with Gasteiger partial charge >= 0.3 is 12.1 Å². The number of hydrogen-bond donors (Lipinski definition) is 2. The lowest BCUT2D eigenvalue weighted by atomic mass is 9.82. The molecule has 1 aliphatic carbocycles. The second-order valence-corrected chi connectivity index (χ2v) is 9.29. The molecule has 1 fully saturated rings. The third kappa shape index (κ3) is 4.69. The molecule has 2 aromatic carbocycles. The van der Waals surface area contributed by atoms with Crippen LogP contribution in [0.1, 0.15) is 43.7 Å². The van der Waals surface area contributed by atoms with Gasteiger partial charge in [0, 0.05) is 31.1 Å². The SMILES string of the molecule is C/C(=C\CNC(=O)OCC1c2ccccc2-c2ccccc21)C(=O)N1CCCC(C)(C(=O)O)C1. The van der Waals surface area contributed by atoms with Crippen molar-refractivity contribution in [3.63, 3.8) is 0 Å². The minimum absolute atomic E-state index is 0.0142. The predicted molar refractivity (Wildman–Crippen MR) is 128 cm³/mol. The van der Waals surface area contributed by atoms with Gasteiger partial charge in [-0.1, -0.05) is 54.6 Å². The minimum atomic E-state index is -0.923. The zero-order chi connectivity index (χ0) is 24.3. The largest absolute Gasteiger partial charge is 0.481 e. The van der Waals surface area contributed by atoms with E-state index in [2.05, 4.69) is 29.6 Å². The number of nitrogens with one attached hydrogen (secondary N) is 1. The van der Waals surface area contributed by atoms with Gasteiger partial charge in [-0.3, -0.25) is 9.59 Å². The molecule has 0 saturated carbocycles. The molecule has 2 amide bonds. The molecule has 2 aromatic rings. The topological polar surface area (TPSA) is 95.9 Å². The van der Waals surface area contributed by atoms with Crippen LogP contribution in [0.2, 0.25) is 0 Å². The Balaban J connectivity index is 1.30. The molecule has 7 nitrogen and oxygen atoms in total. The third-order valence-corrected chi connectivity index (χ3v) is 6.84. The predicted octanol–water partition coefficient (Wildman–Crippen LogP) is 4.18. The molecule has 1 saturated heterocycles. The number of ether oxygens (including phenoxy) is 1. The number of likely N-dealkylation sites (tertiary alicyclic amines) is 1. The number of alkyl carbamates (subject to hydrolysis) is 1. The first kappa shape index (κ1) is 23.5. The standard InChI is InChI=1S/C27H30N2O5/c1-18(24(30)29-15-7-13-27(2,17-29)25(31)32)12-14-28-26(33)34-16-23-21-10-5-3-8-19(21)20-9-4-6-11-22(20)23/h3-6,8-12,23H,7,13-17H2,1-2H3,(H,28,33)(H,31,32)/b18-12+. The van der Waals surface area contributed by atoms with Gasteiger partial charge in [0.25, 0.3) is 0 Å². The van der Waals surface area contributed by atoms with Crippen molar-refractivity contribution in [1.29, 1.82) is 0 Å². The number of carbonyl (C=O) groups excluding carboxylic acids is 2. The zero-order valence-corrected chi connectivity index (χ0v) is 19.5. The summed E-state index contributed by atoms with van der Waals surface area (Å²) in [5.74, 6) is -1.11. The highest BCUT2D eigenvalue weighted by molar-refractivity contribution is 5.93. The van der Waals surface area contributed by atoms with Crippen molar-refractivity contribution in [2.75, 3.05) is 26.2 Å². The van der Waals surface area contributed by atoms with Crippen LogP contribution < -0.4 is 5.32 Å². The van der Waals surface area contributed by atoms with Crippen molar-refractivity contribution >= 4 is 18.0 Å². The van der Waals surface area contributed by atoms with E-state index in [-0.39, 0.29) is 31.5 Å². The van der Waals surface area contributed by atoms with Crippen LogP contribution in [0.5, 0.6) is 0 Å². The van der Waals surface area contributed by atoms with Gasteiger partial charge < -0.3 is 20.1 Å². The van der Waals surface area contributed by atoms with E-state index in [1.54, 1.807) is 24.8 Å². The average Bonchev–Trinajstić information content (AvgIpc) is 3.16. The summed E-state index contributed by atoms with van der Waals surface area (Å²) in [4.78, 5) is 38.2. The molecule has 0 bridgehead atoms. The van der Waals surface area contributed by atoms with Crippen LogP contribution in [0.15, 0.2) is 60.2 Å². The Labute approximate surface area is 199 Å². The fraction of sp³-hybridized carbons (Fsp3) is 0.370. The van der Waals surface area contributed by atoms with Gasteiger partial charge in [-0.2, -0.15) is 0 Å². The molecule has 0 radical (unpaired) electrons. The summed E-state index contributed by atoms with van der Waals surface area (Å²) in [7, 11) is 0. The molecule has 178 valence electrons. The fourth-order valence-electron chi connectivity index (χ4n) is 4.86. The van der Waals surface area contributed by atoms with Crippen LogP contribution in [-0.4, -0.2) is 54.2 Å². The Morgan fingerprint density at radius 2 is 1.74 bits per heavy atom. The van der Waals surface area contributed by atoms with Crippen LogP contribution in [0.4, 0.5) is 4.79 Å². The van der Waals surface area contributed by atoms with Crippen LogP contribution in [0, 0.1) is 5.41 Å². The molecular formula is C27H30N2O5. The van der Waals surface area contributed by atoms with Crippen LogP contribution >= 0.6 is 0 Å². The van der Waals surface area contributed by atoms with Crippen LogP contribution in [-0.2, 0) is 14.3 Å². The maximum absolute atomic E-state index is 12.7. The first-order chi connectivity index (χ1) is 16.3. The number of benzene rings is 2. The maximum atomic E-state index is 12.7. The highest BCUT2D eigenvalue weighted by Crippen LogP contribution is 2.44. The third-order valence-electron chi connectivity index (χ3n) is 6.84. The van der Waals surface area contributed by atoms with Crippen molar-refractivity contribution in [3.05, 3.63) is 71.3 Å². The van der Waals surface area contributed by atoms with Crippen LogP contribution in [0.3, 0.4) is 0 Å². The van der Waals surface area contributed by atoms with E-state index < -0.39 is 17.5 Å². The Hall–Kier alpha value is -3.61. The smallest absolute Gasteiger partial charge is 0.407 e. The summed E-state index contributed by atoms with van der Waals surface area (Å²) < 4.78 is 5.51. The molecule has 1 aliphatic heterocycles. The summed E-state index contributed by atoms with van der Waals surface area (Å²) in [6.07, 6.45) is 2.30. The number of piperidine rings is 1. The first-order valence-electron chi connectivity index (χ1n) is 11.6. The number of carboxylic acid groups (broad SMARTS) is 1. The molecule has 0 aromatic heterocycles. The molecule has 2 N–H and O–H groups in total. The molecule has 4 rings (SSSR count). The van der Waals surface area contributed by atoms with E-state index in [1.165, 1.54) is 11.1 Å². The number of carbonyl (C=O) groups is 3. The normalized spacial score (nSPS) is 19.8. The molecular weight excluding hydrogens is 432 g/mol. The molecule has 7 heteroatoms. The summed E-state index contributed by atoms with van der Waals surface area (Å²) in [6.45, 7) is 4.45. The Morgan fingerprint density at radius 1 is 1.12 bits per heavy atom. The van der Waals surface area contributed by atoms with E-state index in [9.17, 15) is 19.5 Å². The number of carboxylic acids is 1. The second kappa shape index (κ2) is 9.71. The van der Waals surface area contributed by atoms with Gasteiger partial charge in [-0.05, 0) is 48.9 Å². The number of aliphatic carboxylic acids is 1. The molecule has 2 aliphatic rings. The van der Waals surface area contributed by atoms with E-state index >= 15 is 0 Å². The fourth-order valence-corrected chi connectivity index (χ4v) is 4.86. The van der Waals surface area contributed by atoms with Crippen molar-refractivity contribution in [2.24, 2.45) is 5.41 Å². The molecule has 1 atom stereocenters. The van der Waals surface area contributed by atoms with Gasteiger partial charge in [-0.15, -0.1) is 0 Å². The van der Waals surface area contributed by atoms with Crippen molar-refractivity contribution < 1.29 is 24.2 Å². The Morgan fingerprint density at radius 3 is 2.35 bits per heavy atom. The first-order valence-corrected chi connectivity index (χ1v) is 11.6. The maximum Gasteiger partial charge on any atom is 0.407 e. The van der Waals surface area contributed by atoms with Gasteiger partial charge in [-0.25, -0.2) is 4.79 Å². The van der Waals surface area contributed by atoms with E-state index in [4.69, 9.17) is 4.74 Å². The summed E-state index contributed by atoms with van der Waals surface area (Å²) in [6, 6.07) is 16.3. The monoisotopic (exact) mass is 462 g/mol. The van der Waals surface area contributed by atoms with Crippen molar-refractivity contribution in [3.8, 4) is 11.1 Å². The minimum Gasteiger partial charge on any atom is -0.481 e. The number of hydrogen-bond acceptors (Lipinski definition) is 4. The highest BCUT2D eigenvalue weighted by atomic mass is 16.5. The number of nitrogens with zero attached hydrogens (tertiary/aromatic N) is 1. The molecule has 1 unspecified atom stereocenters. The highest BCUT2D eigenvalue weighted by Gasteiger charge is 2.39. The quantitative estimate of drug-likeness (QED) is 0.628. The molecule has 1 heterocycles. The number of amides is 2. The summed E-state index contributed by atoms with van der Waals surface area (Å²) in [5, 5.41) is 12.1. The van der Waals surface area contributed by atoms with Gasteiger partial charge in [0.2, 0.25) is 5.91 Å². The lowest BCUT2D eigenvalue weighted by Crippen LogP contribution is -2.48.